The molecular formula is C24H23F4N3O4. The van der Waals surface area contributed by atoms with Gasteiger partial charge < -0.3 is 21.1 Å². The number of alkyl halides is 2. The van der Waals surface area contributed by atoms with Gasteiger partial charge in [0.1, 0.15) is 11.6 Å². The Morgan fingerprint density at radius 2 is 1.51 bits per heavy atom. The zero-order valence-corrected chi connectivity index (χ0v) is 18.7. The highest BCUT2D eigenvalue weighted by molar-refractivity contribution is 6.04. The molecule has 35 heavy (non-hydrogen) atoms. The summed E-state index contributed by atoms with van der Waals surface area (Å²) < 4.78 is 58.1. The third kappa shape index (κ3) is 4.67. The SMILES string of the molecule is Cc1cc(NC(=O)c2ccc(F)c(C(F)(F)C(=O)NC34CCC(NC(=O)O)(CC3)C4)c2)ccc1F. The van der Waals surface area contributed by atoms with Gasteiger partial charge in [-0.05, 0) is 81.0 Å². The average Bonchev–Trinajstić information content (AvgIpc) is 3.30. The van der Waals surface area contributed by atoms with Crippen molar-refractivity contribution in [2.45, 2.75) is 56.0 Å². The van der Waals surface area contributed by atoms with Gasteiger partial charge in [-0.3, -0.25) is 9.59 Å². The summed E-state index contributed by atoms with van der Waals surface area (Å²) >= 11 is 0. The van der Waals surface area contributed by atoms with E-state index in [1.165, 1.54) is 19.1 Å². The Balaban J connectivity index is 1.52. The molecule has 3 amide bonds. The van der Waals surface area contributed by atoms with Gasteiger partial charge in [0, 0.05) is 22.3 Å². The van der Waals surface area contributed by atoms with Crippen LogP contribution in [0.5, 0.6) is 0 Å². The molecule has 2 bridgehead atoms. The molecule has 4 N–H and O–H groups in total. The zero-order chi connectivity index (χ0) is 25.6. The molecule has 2 aliphatic rings. The molecule has 0 atom stereocenters. The lowest BCUT2D eigenvalue weighted by molar-refractivity contribution is -0.149. The molecule has 0 radical (unpaired) electrons. The summed E-state index contributed by atoms with van der Waals surface area (Å²) in [6, 6.07) is 6.04. The monoisotopic (exact) mass is 493 g/mol. The number of hydrogen-bond donors (Lipinski definition) is 4. The second-order valence-corrected chi connectivity index (χ2v) is 9.31. The lowest BCUT2D eigenvalue weighted by atomic mass is 9.91. The molecule has 2 aromatic rings. The van der Waals surface area contributed by atoms with Gasteiger partial charge >= 0.3 is 12.0 Å². The highest BCUT2D eigenvalue weighted by Gasteiger charge is 2.57. The fraction of sp³-hybridized carbons (Fsp3) is 0.375. The summed E-state index contributed by atoms with van der Waals surface area (Å²) in [6.07, 6.45) is 0.313. The number of aryl methyl sites for hydroxylation is 1. The summed E-state index contributed by atoms with van der Waals surface area (Å²) in [7, 11) is 0. The first-order valence-corrected chi connectivity index (χ1v) is 10.9. The Morgan fingerprint density at radius 3 is 2.11 bits per heavy atom. The Labute approximate surface area is 197 Å². The number of carboxylic acid groups (broad SMARTS) is 1. The third-order valence-corrected chi connectivity index (χ3v) is 6.86. The van der Waals surface area contributed by atoms with Crippen LogP contribution in [0.1, 0.15) is 53.6 Å². The number of hydrogen-bond acceptors (Lipinski definition) is 3. The minimum atomic E-state index is -4.30. The minimum absolute atomic E-state index is 0.163. The van der Waals surface area contributed by atoms with Crippen LogP contribution in [0, 0.1) is 18.6 Å². The third-order valence-electron chi connectivity index (χ3n) is 6.86. The van der Waals surface area contributed by atoms with Gasteiger partial charge in [0.05, 0.1) is 5.56 Å². The largest absolute Gasteiger partial charge is 0.465 e. The standard InChI is InChI=1S/C24H23F4N3O4/c1-13-10-15(3-5-17(13)25)29-19(32)14-2-4-18(26)16(11-14)24(27,28)20(33)30-22-6-8-23(12-22,9-7-22)31-21(34)35/h2-5,10-11,31H,6-9,12H2,1H3,(H,29,32)(H,30,33)(H,34,35). The lowest BCUT2D eigenvalue weighted by Gasteiger charge is -2.30. The number of benzene rings is 2. The van der Waals surface area contributed by atoms with Crippen LogP contribution >= 0.6 is 0 Å². The van der Waals surface area contributed by atoms with Crippen LogP contribution < -0.4 is 16.0 Å². The van der Waals surface area contributed by atoms with E-state index in [-0.39, 0.29) is 23.2 Å². The van der Waals surface area contributed by atoms with E-state index < -0.39 is 52.1 Å². The summed E-state index contributed by atoms with van der Waals surface area (Å²) in [6.45, 7) is 1.48. The van der Waals surface area contributed by atoms with Gasteiger partial charge in [-0.25, -0.2) is 13.6 Å². The van der Waals surface area contributed by atoms with Gasteiger partial charge in [0.2, 0.25) is 0 Å². The Hall–Kier alpha value is -3.63. The van der Waals surface area contributed by atoms with Crippen molar-refractivity contribution in [2.24, 2.45) is 0 Å². The van der Waals surface area contributed by atoms with Crippen molar-refractivity contribution in [3.63, 3.8) is 0 Å². The summed E-state index contributed by atoms with van der Waals surface area (Å²) in [5.41, 5.74) is -2.91. The maximum Gasteiger partial charge on any atom is 0.405 e. The highest BCUT2D eigenvalue weighted by Crippen LogP contribution is 2.51. The number of carbonyl (C=O) groups excluding carboxylic acids is 2. The van der Waals surface area contributed by atoms with Crippen molar-refractivity contribution in [1.29, 1.82) is 0 Å². The highest BCUT2D eigenvalue weighted by atomic mass is 19.3. The number of rotatable bonds is 6. The molecule has 7 nitrogen and oxygen atoms in total. The van der Waals surface area contributed by atoms with Crippen LogP contribution in [0.4, 0.5) is 28.0 Å². The summed E-state index contributed by atoms with van der Waals surface area (Å²) in [5.74, 6) is -8.72. The second-order valence-electron chi connectivity index (χ2n) is 9.31. The molecule has 2 fully saturated rings. The molecule has 2 aromatic carbocycles. The van der Waals surface area contributed by atoms with E-state index in [9.17, 15) is 23.2 Å². The summed E-state index contributed by atoms with van der Waals surface area (Å²) in [4.78, 5) is 36.2. The zero-order valence-electron chi connectivity index (χ0n) is 18.7. The maximum absolute atomic E-state index is 15.1. The minimum Gasteiger partial charge on any atom is -0.465 e. The van der Waals surface area contributed by atoms with Crippen molar-refractivity contribution in [3.8, 4) is 0 Å². The number of fused-ring (bicyclic) bond motifs is 2. The predicted octanol–water partition coefficient (Wildman–Crippen LogP) is 4.46. The molecule has 0 heterocycles. The van der Waals surface area contributed by atoms with E-state index in [1.807, 2.05) is 0 Å². The first kappa shape index (κ1) is 24.5. The van der Waals surface area contributed by atoms with Gasteiger partial charge in [-0.1, -0.05) is 0 Å². The Kier molecular flexibility index (Phi) is 5.98. The van der Waals surface area contributed by atoms with E-state index in [1.54, 1.807) is 0 Å². The van der Waals surface area contributed by atoms with Crippen LogP contribution in [-0.2, 0) is 10.7 Å². The molecule has 0 unspecified atom stereocenters. The van der Waals surface area contributed by atoms with E-state index in [4.69, 9.17) is 5.11 Å². The number of halogens is 4. The molecule has 0 saturated heterocycles. The quantitative estimate of drug-likeness (QED) is 0.446. The average molecular weight is 493 g/mol. The van der Waals surface area contributed by atoms with E-state index in [2.05, 4.69) is 16.0 Å². The van der Waals surface area contributed by atoms with Crippen molar-refractivity contribution >= 4 is 23.6 Å². The number of anilines is 1. The molecule has 0 spiro atoms. The van der Waals surface area contributed by atoms with Crippen LogP contribution in [0.2, 0.25) is 0 Å². The van der Waals surface area contributed by atoms with Gasteiger partial charge in [0.25, 0.3) is 11.8 Å². The Bertz CT molecular complexity index is 1210. The molecule has 11 heteroatoms. The molecule has 0 aromatic heterocycles. The first-order valence-electron chi connectivity index (χ1n) is 10.9. The van der Waals surface area contributed by atoms with Crippen molar-refractivity contribution < 1.29 is 37.1 Å². The van der Waals surface area contributed by atoms with Gasteiger partial charge in [-0.15, -0.1) is 0 Å². The number of amides is 3. The molecule has 186 valence electrons. The smallest absolute Gasteiger partial charge is 0.405 e. The summed E-state index contributed by atoms with van der Waals surface area (Å²) in [5, 5.41) is 16.2. The Morgan fingerprint density at radius 1 is 0.914 bits per heavy atom. The topological polar surface area (TPSA) is 108 Å². The van der Waals surface area contributed by atoms with Crippen molar-refractivity contribution in [1.82, 2.24) is 10.6 Å². The van der Waals surface area contributed by atoms with E-state index in [0.717, 1.165) is 12.1 Å². The maximum atomic E-state index is 15.1. The molecule has 2 aliphatic carbocycles. The second kappa shape index (κ2) is 8.54. The van der Waals surface area contributed by atoms with Crippen molar-refractivity contribution in [2.75, 3.05) is 5.32 Å². The molecule has 0 aliphatic heterocycles. The fourth-order valence-electron chi connectivity index (χ4n) is 5.05. The predicted molar refractivity (Wildman–Crippen MR) is 117 cm³/mol. The normalized spacial score (nSPS) is 23.1. The molecule has 4 rings (SSSR count). The van der Waals surface area contributed by atoms with Crippen LogP contribution in [0.3, 0.4) is 0 Å². The fourth-order valence-corrected chi connectivity index (χ4v) is 5.05. The van der Waals surface area contributed by atoms with Crippen LogP contribution in [-0.4, -0.2) is 34.1 Å². The van der Waals surface area contributed by atoms with Gasteiger partial charge in [-0.2, -0.15) is 8.78 Å². The van der Waals surface area contributed by atoms with E-state index in [0.29, 0.717) is 37.8 Å². The first-order chi connectivity index (χ1) is 16.3. The molecular weight excluding hydrogens is 470 g/mol. The number of carbonyl (C=O) groups is 3. The van der Waals surface area contributed by atoms with Gasteiger partial charge in [0.15, 0.2) is 0 Å². The van der Waals surface area contributed by atoms with Crippen LogP contribution in [0.15, 0.2) is 36.4 Å². The number of nitrogens with one attached hydrogen (secondary N) is 3. The van der Waals surface area contributed by atoms with Crippen LogP contribution in [0.25, 0.3) is 0 Å². The lowest BCUT2D eigenvalue weighted by Crippen LogP contribution is -2.51. The van der Waals surface area contributed by atoms with Crippen molar-refractivity contribution in [3.05, 3.63) is 64.7 Å². The van der Waals surface area contributed by atoms with E-state index >= 15 is 8.78 Å². The molecule has 2 saturated carbocycles.